The van der Waals surface area contributed by atoms with Crippen molar-refractivity contribution < 1.29 is 5.11 Å². The molecule has 0 aromatic carbocycles. The second-order valence-corrected chi connectivity index (χ2v) is 7.08. The molecule has 4 nitrogen and oxygen atoms in total. The molecule has 1 unspecified atom stereocenters. The quantitative estimate of drug-likeness (QED) is 0.412. The highest BCUT2D eigenvalue weighted by atomic mass is 127. The third-order valence-corrected chi connectivity index (χ3v) is 5.46. The summed E-state index contributed by atoms with van der Waals surface area (Å²) in [4.78, 5) is 7.16. The lowest BCUT2D eigenvalue weighted by Crippen LogP contribution is -2.48. The highest BCUT2D eigenvalue weighted by Gasteiger charge is 2.42. The first kappa shape index (κ1) is 18.4. The van der Waals surface area contributed by atoms with Crippen molar-refractivity contribution in [3.8, 4) is 0 Å². The van der Waals surface area contributed by atoms with E-state index in [1.54, 1.807) is 0 Å². The molecular formula is C14H28IN3OS. The summed E-state index contributed by atoms with van der Waals surface area (Å²) < 4.78 is 0. The van der Waals surface area contributed by atoms with Gasteiger partial charge in [-0.3, -0.25) is 4.99 Å². The number of thioether (sulfide) groups is 1. The Morgan fingerprint density at radius 2 is 2.20 bits per heavy atom. The molecule has 1 saturated carbocycles. The number of nitrogens with zero attached hydrogens (tertiary/aromatic N) is 2. The lowest BCUT2D eigenvalue weighted by atomic mass is 10.1. The lowest BCUT2D eigenvalue weighted by Gasteiger charge is -2.34. The highest BCUT2D eigenvalue weighted by Crippen LogP contribution is 2.45. The van der Waals surface area contributed by atoms with Crippen LogP contribution < -0.4 is 5.32 Å². The Morgan fingerprint density at radius 3 is 2.75 bits per heavy atom. The maximum Gasteiger partial charge on any atom is 0.193 e. The number of hydrogen-bond acceptors (Lipinski definition) is 3. The van der Waals surface area contributed by atoms with Crippen molar-refractivity contribution in [2.75, 3.05) is 38.5 Å². The summed E-state index contributed by atoms with van der Waals surface area (Å²) in [7, 11) is 0. The molecule has 0 bridgehead atoms. The molecule has 6 heteroatoms. The lowest BCUT2D eigenvalue weighted by molar-refractivity contribution is 0.216. The fourth-order valence-corrected chi connectivity index (χ4v) is 3.55. The number of hydrogen-bond donors (Lipinski definition) is 2. The van der Waals surface area contributed by atoms with Crippen LogP contribution in [-0.2, 0) is 0 Å². The van der Waals surface area contributed by atoms with Gasteiger partial charge in [-0.1, -0.05) is 6.92 Å². The van der Waals surface area contributed by atoms with E-state index in [1.807, 2.05) is 0 Å². The molecule has 0 aromatic rings. The fourth-order valence-electron chi connectivity index (χ4n) is 2.37. The van der Waals surface area contributed by atoms with E-state index < -0.39 is 0 Å². The molecule has 20 heavy (non-hydrogen) atoms. The maximum atomic E-state index is 9.38. The Labute approximate surface area is 144 Å². The average molecular weight is 413 g/mol. The largest absolute Gasteiger partial charge is 0.396 e. The molecule has 1 aliphatic heterocycles. The van der Waals surface area contributed by atoms with E-state index in [-0.39, 0.29) is 36.0 Å². The molecule has 1 saturated heterocycles. The van der Waals surface area contributed by atoms with Crippen LogP contribution >= 0.6 is 35.7 Å². The van der Waals surface area contributed by atoms with Crippen molar-refractivity contribution in [2.24, 2.45) is 10.4 Å². The van der Waals surface area contributed by atoms with Crippen LogP contribution in [0.3, 0.4) is 0 Å². The van der Waals surface area contributed by atoms with Crippen LogP contribution in [0.4, 0.5) is 0 Å². The van der Waals surface area contributed by atoms with Crippen LogP contribution in [0.1, 0.15) is 33.1 Å². The second-order valence-electron chi connectivity index (χ2n) is 5.68. The van der Waals surface area contributed by atoms with Crippen molar-refractivity contribution >= 4 is 41.7 Å². The summed E-state index contributed by atoms with van der Waals surface area (Å²) in [6.07, 6.45) is 3.47. The topological polar surface area (TPSA) is 47.9 Å². The van der Waals surface area contributed by atoms with Crippen molar-refractivity contribution in [1.82, 2.24) is 10.2 Å². The van der Waals surface area contributed by atoms with Gasteiger partial charge in [0.05, 0.1) is 13.2 Å². The Balaban J connectivity index is 0.00000200. The summed E-state index contributed by atoms with van der Waals surface area (Å²) in [5.41, 5.74) is 0.107. The number of aliphatic hydroxyl groups is 1. The molecular weight excluding hydrogens is 385 g/mol. The minimum absolute atomic E-state index is 0. The molecule has 2 aliphatic rings. The predicted octanol–water partition coefficient (Wildman–Crippen LogP) is 2.17. The van der Waals surface area contributed by atoms with Gasteiger partial charge in [0.1, 0.15) is 0 Å². The summed E-state index contributed by atoms with van der Waals surface area (Å²) in [6.45, 7) is 8.51. The first-order chi connectivity index (χ1) is 9.23. The van der Waals surface area contributed by atoms with Gasteiger partial charge in [-0.05, 0) is 26.2 Å². The van der Waals surface area contributed by atoms with Gasteiger partial charge in [-0.25, -0.2) is 0 Å². The van der Waals surface area contributed by atoms with Gasteiger partial charge in [0.15, 0.2) is 5.96 Å². The Bertz CT molecular complexity index is 324. The summed E-state index contributed by atoms with van der Waals surface area (Å²) in [5.74, 6) is 2.23. The highest BCUT2D eigenvalue weighted by molar-refractivity contribution is 14.0. The molecule has 1 atom stereocenters. The molecule has 1 aliphatic carbocycles. The monoisotopic (exact) mass is 413 g/mol. The number of halogens is 1. The van der Waals surface area contributed by atoms with Crippen molar-refractivity contribution in [2.45, 2.75) is 38.4 Å². The first-order valence-electron chi connectivity index (χ1n) is 7.48. The van der Waals surface area contributed by atoms with Crippen LogP contribution in [-0.4, -0.2) is 59.8 Å². The summed E-state index contributed by atoms with van der Waals surface area (Å²) >= 11 is 2.08. The van der Waals surface area contributed by atoms with E-state index in [0.29, 0.717) is 0 Å². The van der Waals surface area contributed by atoms with Gasteiger partial charge in [-0.15, -0.1) is 24.0 Å². The minimum atomic E-state index is 0. The van der Waals surface area contributed by atoms with E-state index in [1.165, 1.54) is 12.2 Å². The molecule has 2 rings (SSSR count). The normalized spacial score (nSPS) is 25.1. The van der Waals surface area contributed by atoms with Gasteiger partial charge in [-0.2, -0.15) is 11.8 Å². The van der Waals surface area contributed by atoms with Gasteiger partial charge < -0.3 is 15.3 Å². The number of rotatable bonds is 5. The average Bonchev–Trinajstić information content (AvgIpc) is 3.24. The molecule has 0 spiro atoms. The molecule has 0 amide bonds. The first-order valence-corrected chi connectivity index (χ1v) is 8.53. The van der Waals surface area contributed by atoms with Crippen LogP contribution in [0.15, 0.2) is 4.99 Å². The van der Waals surface area contributed by atoms with Crippen molar-refractivity contribution in [1.29, 1.82) is 0 Å². The number of aliphatic imine (C=N–C) groups is 1. The standard InChI is InChI=1S/C14H27N3OS.HI/c1-3-12-9-17(7-8-19-12)13(15-4-2)16-10-14(11-18)5-6-14;/h12,18H,3-11H2,1-2H3,(H,15,16);1H. The molecule has 2 fully saturated rings. The second kappa shape index (κ2) is 8.68. The zero-order valence-corrected chi connectivity index (χ0v) is 15.7. The Morgan fingerprint density at radius 1 is 1.45 bits per heavy atom. The fraction of sp³-hybridized carbons (Fsp3) is 0.929. The predicted molar refractivity (Wildman–Crippen MR) is 98.3 cm³/mol. The SMILES string of the molecule is CCNC(=NCC1(CO)CC1)N1CCSC(CC)C1.I. The van der Waals surface area contributed by atoms with Gasteiger partial charge >= 0.3 is 0 Å². The molecule has 2 N–H and O–H groups in total. The van der Waals surface area contributed by atoms with E-state index >= 15 is 0 Å². The molecule has 0 radical (unpaired) electrons. The zero-order valence-electron chi connectivity index (χ0n) is 12.6. The maximum absolute atomic E-state index is 9.38. The summed E-state index contributed by atoms with van der Waals surface area (Å²) in [5, 5.41) is 13.5. The van der Waals surface area contributed by atoms with Crippen LogP contribution in [0.2, 0.25) is 0 Å². The third kappa shape index (κ3) is 4.94. The number of nitrogens with one attached hydrogen (secondary N) is 1. The summed E-state index contributed by atoms with van der Waals surface area (Å²) in [6, 6.07) is 0. The van der Waals surface area contributed by atoms with Crippen molar-refractivity contribution in [3.63, 3.8) is 0 Å². The Kier molecular flexibility index (Phi) is 7.97. The van der Waals surface area contributed by atoms with Gasteiger partial charge in [0.2, 0.25) is 0 Å². The van der Waals surface area contributed by atoms with E-state index in [4.69, 9.17) is 4.99 Å². The van der Waals surface area contributed by atoms with E-state index in [2.05, 4.69) is 35.8 Å². The van der Waals surface area contributed by atoms with E-state index in [0.717, 1.165) is 50.2 Å². The minimum Gasteiger partial charge on any atom is -0.396 e. The zero-order chi connectivity index (χ0) is 13.7. The molecule has 118 valence electrons. The van der Waals surface area contributed by atoms with Crippen LogP contribution in [0.5, 0.6) is 0 Å². The van der Waals surface area contributed by atoms with E-state index in [9.17, 15) is 5.11 Å². The van der Waals surface area contributed by atoms with Crippen molar-refractivity contribution in [3.05, 3.63) is 0 Å². The number of guanidine groups is 1. The van der Waals surface area contributed by atoms with Gasteiger partial charge in [0.25, 0.3) is 0 Å². The smallest absolute Gasteiger partial charge is 0.193 e. The molecule has 0 aromatic heterocycles. The Hall–Kier alpha value is 0.310. The number of aliphatic hydroxyl groups excluding tert-OH is 1. The molecule has 1 heterocycles. The van der Waals surface area contributed by atoms with Crippen LogP contribution in [0.25, 0.3) is 0 Å². The van der Waals surface area contributed by atoms with Gasteiger partial charge in [0, 0.05) is 36.1 Å². The van der Waals surface area contributed by atoms with Crippen LogP contribution in [0, 0.1) is 5.41 Å². The third-order valence-electron chi connectivity index (χ3n) is 4.09.